The maximum absolute atomic E-state index is 11.7. The standard InChI is InChI=1S/C9H18F3NO2/c1-14-7-8-15-6-5-13-4-2-3-9(10,11)12/h13H,2-8H2,1H3. The highest BCUT2D eigenvalue weighted by atomic mass is 19.4. The van der Waals surface area contributed by atoms with E-state index in [1.807, 2.05) is 0 Å². The maximum Gasteiger partial charge on any atom is 0.389 e. The quantitative estimate of drug-likeness (QED) is 0.609. The summed E-state index contributed by atoms with van der Waals surface area (Å²) in [6.07, 6.45) is -4.66. The molecular formula is C9H18F3NO2. The van der Waals surface area contributed by atoms with Crippen LogP contribution in [0, 0.1) is 0 Å². The molecule has 6 heteroatoms. The molecule has 0 bridgehead atoms. The van der Waals surface area contributed by atoms with E-state index in [0.717, 1.165) is 0 Å². The third-order valence-corrected chi connectivity index (χ3v) is 1.67. The molecular weight excluding hydrogens is 211 g/mol. The molecule has 0 atom stereocenters. The van der Waals surface area contributed by atoms with E-state index in [1.54, 1.807) is 7.11 Å². The summed E-state index contributed by atoms with van der Waals surface area (Å²) >= 11 is 0. The average molecular weight is 229 g/mol. The molecule has 15 heavy (non-hydrogen) atoms. The lowest BCUT2D eigenvalue weighted by Crippen LogP contribution is -2.23. The molecule has 0 saturated carbocycles. The van der Waals surface area contributed by atoms with Gasteiger partial charge in [-0.1, -0.05) is 0 Å². The van der Waals surface area contributed by atoms with Crippen molar-refractivity contribution in [2.24, 2.45) is 0 Å². The minimum absolute atomic E-state index is 0.113. The highest BCUT2D eigenvalue weighted by Gasteiger charge is 2.25. The highest BCUT2D eigenvalue weighted by molar-refractivity contribution is 4.53. The summed E-state index contributed by atoms with van der Waals surface area (Å²) in [7, 11) is 1.58. The number of nitrogens with one attached hydrogen (secondary N) is 1. The van der Waals surface area contributed by atoms with Gasteiger partial charge in [-0.15, -0.1) is 0 Å². The van der Waals surface area contributed by atoms with Crippen LogP contribution in [0.3, 0.4) is 0 Å². The van der Waals surface area contributed by atoms with E-state index in [2.05, 4.69) is 5.32 Å². The predicted octanol–water partition coefficient (Wildman–Crippen LogP) is 1.58. The van der Waals surface area contributed by atoms with Crippen molar-refractivity contribution in [3.63, 3.8) is 0 Å². The van der Waals surface area contributed by atoms with Crippen LogP contribution in [0.2, 0.25) is 0 Å². The zero-order valence-electron chi connectivity index (χ0n) is 8.90. The number of ether oxygens (including phenoxy) is 2. The SMILES string of the molecule is COCCOCCNCCCC(F)(F)F. The first-order valence-corrected chi connectivity index (χ1v) is 4.90. The van der Waals surface area contributed by atoms with Crippen molar-refractivity contribution >= 4 is 0 Å². The van der Waals surface area contributed by atoms with Crippen LogP contribution in [0.5, 0.6) is 0 Å². The molecule has 0 aliphatic heterocycles. The van der Waals surface area contributed by atoms with Gasteiger partial charge in [0.15, 0.2) is 0 Å². The Morgan fingerprint density at radius 3 is 2.40 bits per heavy atom. The van der Waals surface area contributed by atoms with Gasteiger partial charge in [0.25, 0.3) is 0 Å². The van der Waals surface area contributed by atoms with Gasteiger partial charge < -0.3 is 14.8 Å². The van der Waals surface area contributed by atoms with E-state index < -0.39 is 12.6 Å². The fraction of sp³-hybridized carbons (Fsp3) is 1.00. The second-order valence-corrected chi connectivity index (χ2v) is 3.07. The van der Waals surface area contributed by atoms with Crippen molar-refractivity contribution in [1.82, 2.24) is 5.32 Å². The summed E-state index contributed by atoms with van der Waals surface area (Å²) < 4.78 is 45.0. The molecule has 3 nitrogen and oxygen atoms in total. The molecule has 0 aliphatic carbocycles. The number of rotatable bonds is 9. The molecule has 0 aliphatic rings. The van der Waals surface area contributed by atoms with Gasteiger partial charge in [0, 0.05) is 20.1 Å². The lowest BCUT2D eigenvalue weighted by Gasteiger charge is -2.07. The third kappa shape index (κ3) is 13.7. The number of hydrogen-bond donors (Lipinski definition) is 1. The van der Waals surface area contributed by atoms with Gasteiger partial charge in [-0.25, -0.2) is 0 Å². The van der Waals surface area contributed by atoms with Gasteiger partial charge in [0.1, 0.15) is 0 Å². The first-order chi connectivity index (χ1) is 7.06. The summed E-state index contributed by atoms with van der Waals surface area (Å²) in [5, 5.41) is 2.87. The number of hydrogen-bond acceptors (Lipinski definition) is 3. The fourth-order valence-electron chi connectivity index (χ4n) is 0.927. The zero-order valence-corrected chi connectivity index (χ0v) is 8.90. The molecule has 0 rings (SSSR count). The molecule has 0 spiro atoms. The summed E-state index contributed by atoms with van der Waals surface area (Å²) in [6.45, 7) is 2.49. The van der Waals surface area contributed by atoms with Gasteiger partial charge in [-0.2, -0.15) is 13.2 Å². The van der Waals surface area contributed by atoms with Crippen LogP contribution in [-0.2, 0) is 9.47 Å². The van der Waals surface area contributed by atoms with E-state index >= 15 is 0 Å². The second-order valence-electron chi connectivity index (χ2n) is 3.07. The molecule has 0 heterocycles. The second kappa shape index (κ2) is 8.94. The van der Waals surface area contributed by atoms with Crippen LogP contribution >= 0.6 is 0 Å². The van der Waals surface area contributed by atoms with E-state index in [4.69, 9.17) is 9.47 Å². The topological polar surface area (TPSA) is 30.5 Å². The Hall–Kier alpha value is -0.330. The first-order valence-electron chi connectivity index (χ1n) is 4.90. The molecule has 0 fully saturated rings. The van der Waals surface area contributed by atoms with Gasteiger partial charge in [-0.3, -0.25) is 0 Å². The molecule has 0 saturated heterocycles. The summed E-state index contributed by atoms with van der Waals surface area (Å²) in [6, 6.07) is 0. The summed E-state index contributed by atoms with van der Waals surface area (Å²) in [4.78, 5) is 0. The summed E-state index contributed by atoms with van der Waals surface area (Å²) in [5.74, 6) is 0. The Labute approximate surface area is 87.9 Å². The fourth-order valence-corrected chi connectivity index (χ4v) is 0.927. The predicted molar refractivity (Wildman–Crippen MR) is 50.9 cm³/mol. The zero-order chi connectivity index (χ0) is 11.6. The van der Waals surface area contributed by atoms with E-state index in [0.29, 0.717) is 32.9 Å². The van der Waals surface area contributed by atoms with Gasteiger partial charge in [0.05, 0.1) is 19.8 Å². The average Bonchev–Trinajstić information content (AvgIpc) is 2.14. The largest absolute Gasteiger partial charge is 0.389 e. The Kier molecular flexibility index (Phi) is 8.74. The van der Waals surface area contributed by atoms with Crippen molar-refractivity contribution in [1.29, 1.82) is 0 Å². The van der Waals surface area contributed by atoms with Gasteiger partial charge in [-0.05, 0) is 13.0 Å². The van der Waals surface area contributed by atoms with E-state index in [1.165, 1.54) is 0 Å². The van der Waals surface area contributed by atoms with E-state index in [9.17, 15) is 13.2 Å². The molecule has 1 N–H and O–H groups in total. The molecule has 0 aromatic heterocycles. The normalized spacial score (nSPS) is 12.0. The molecule has 0 radical (unpaired) electrons. The van der Waals surface area contributed by atoms with Gasteiger partial charge >= 0.3 is 6.18 Å². The summed E-state index contributed by atoms with van der Waals surface area (Å²) in [5.41, 5.74) is 0. The maximum atomic E-state index is 11.7. The molecule has 0 amide bonds. The number of alkyl halides is 3. The Morgan fingerprint density at radius 1 is 1.07 bits per heavy atom. The van der Waals surface area contributed by atoms with Crippen molar-refractivity contribution in [3.8, 4) is 0 Å². The lowest BCUT2D eigenvalue weighted by atomic mass is 10.3. The van der Waals surface area contributed by atoms with Crippen LogP contribution in [0.1, 0.15) is 12.8 Å². The third-order valence-electron chi connectivity index (χ3n) is 1.67. The molecule has 0 unspecified atom stereocenters. The molecule has 0 aromatic carbocycles. The Bertz CT molecular complexity index is 142. The number of methoxy groups -OCH3 is 1. The smallest absolute Gasteiger partial charge is 0.382 e. The van der Waals surface area contributed by atoms with E-state index in [-0.39, 0.29) is 6.42 Å². The highest BCUT2D eigenvalue weighted by Crippen LogP contribution is 2.20. The lowest BCUT2D eigenvalue weighted by molar-refractivity contribution is -0.135. The molecule has 92 valence electrons. The van der Waals surface area contributed by atoms with Gasteiger partial charge in [0.2, 0.25) is 0 Å². The minimum Gasteiger partial charge on any atom is -0.382 e. The van der Waals surface area contributed by atoms with Crippen molar-refractivity contribution in [2.45, 2.75) is 19.0 Å². The van der Waals surface area contributed by atoms with Crippen LogP contribution in [-0.4, -0.2) is 46.2 Å². The van der Waals surface area contributed by atoms with Crippen molar-refractivity contribution < 1.29 is 22.6 Å². The van der Waals surface area contributed by atoms with Crippen LogP contribution in [0.15, 0.2) is 0 Å². The van der Waals surface area contributed by atoms with Crippen LogP contribution < -0.4 is 5.32 Å². The van der Waals surface area contributed by atoms with Crippen LogP contribution in [0.25, 0.3) is 0 Å². The Balaban J connectivity index is 2.99. The monoisotopic (exact) mass is 229 g/mol. The minimum atomic E-state index is -4.04. The number of halogens is 3. The molecule has 0 aromatic rings. The first kappa shape index (κ1) is 14.7. The van der Waals surface area contributed by atoms with Crippen molar-refractivity contribution in [2.75, 3.05) is 40.0 Å². The van der Waals surface area contributed by atoms with Crippen LogP contribution in [0.4, 0.5) is 13.2 Å². The van der Waals surface area contributed by atoms with Crippen molar-refractivity contribution in [3.05, 3.63) is 0 Å². The Morgan fingerprint density at radius 2 is 1.80 bits per heavy atom.